The Labute approximate surface area is 172 Å². The number of alkyl carbamates (subject to hydrolysis) is 1. The predicted octanol–water partition coefficient (Wildman–Crippen LogP) is 3.47. The molecular weight excluding hydrogens is 372 g/mol. The maximum Gasteiger partial charge on any atom is 0.408 e. The molecule has 0 saturated carbocycles. The van der Waals surface area contributed by atoms with Crippen molar-refractivity contribution >= 4 is 18.0 Å². The number of piperidine rings is 1. The number of aryl methyl sites for hydroxylation is 1. The van der Waals surface area contributed by atoms with Crippen molar-refractivity contribution in [1.29, 1.82) is 0 Å². The van der Waals surface area contributed by atoms with Gasteiger partial charge in [-0.3, -0.25) is 4.79 Å². The molecule has 1 unspecified atom stereocenters. The molecule has 2 rings (SSSR count). The summed E-state index contributed by atoms with van der Waals surface area (Å²) in [4.78, 5) is 38.3. The van der Waals surface area contributed by atoms with Crippen molar-refractivity contribution < 1.29 is 24.2 Å². The zero-order valence-corrected chi connectivity index (χ0v) is 17.7. The topological polar surface area (TPSA) is 95.9 Å². The average molecular weight is 405 g/mol. The summed E-state index contributed by atoms with van der Waals surface area (Å²) in [6.45, 7) is 8.85. The van der Waals surface area contributed by atoms with Crippen LogP contribution in [0.1, 0.15) is 62.9 Å². The number of hydrogen-bond donors (Lipinski definition) is 2. The van der Waals surface area contributed by atoms with Crippen LogP contribution in [-0.2, 0) is 16.0 Å². The van der Waals surface area contributed by atoms with E-state index in [2.05, 4.69) is 12.2 Å². The molecule has 1 atom stereocenters. The summed E-state index contributed by atoms with van der Waals surface area (Å²) in [5.74, 6) is -0.513. The molecule has 1 aromatic carbocycles. The van der Waals surface area contributed by atoms with E-state index in [1.165, 1.54) is 6.07 Å². The number of rotatable bonds is 6. The van der Waals surface area contributed by atoms with Gasteiger partial charge in [-0.05, 0) is 70.1 Å². The standard InChI is InChI=1S/C22H32N2O5/c1-15-10-12-24(13-11-15)19(25)18(23-21(28)29-22(2,3)4)9-8-16-6-5-7-17(14-16)20(26)27/h5-7,14-15,18H,8-13H2,1-4H3,(H,23,28)(H,26,27). The van der Waals surface area contributed by atoms with Crippen molar-refractivity contribution in [1.82, 2.24) is 10.2 Å². The summed E-state index contributed by atoms with van der Waals surface area (Å²) in [6, 6.07) is 5.92. The molecule has 1 aromatic rings. The van der Waals surface area contributed by atoms with E-state index >= 15 is 0 Å². The Bertz CT molecular complexity index is 733. The Hall–Kier alpha value is -2.57. The summed E-state index contributed by atoms with van der Waals surface area (Å²) in [5, 5.41) is 11.9. The van der Waals surface area contributed by atoms with Crippen LogP contribution in [0.4, 0.5) is 4.79 Å². The molecule has 0 spiro atoms. The van der Waals surface area contributed by atoms with E-state index in [-0.39, 0.29) is 11.5 Å². The molecule has 0 aromatic heterocycles. The summed E-state index contributed by atoms with van der Waals surface area (Å²) < 4.78 is 5.33. The van der Waals surface area contributed by atoms with Crippen LogP contribution in [0.5, 0.6) is 0 Å². The quantitative estimate of drug-likeness (QED) is 0.757. The van der Waals surface area contributed by atoms with Crippen molar-refractivity contribution in [2.24, 2.45) is 5.92 Å². The SMILES string of the molecule is CC1CCN(C(=O)C(CCc2cccc(C(=O)O)c2)NC(=O)OC(C)(C)C)CC1. The molecule has 1 heterocycles. The van der Waals surface area contributed by atoms with Crippen molar-refractivity contribution in [2.45, 2.75) is 65.0 Å². The number of aromatic carboxylic acids is 1. The van der Waals surface area contributed by atoms with E-state index < -0.39 is 23.7 Å². The number of hydrogen-bond acceptors (Lipinski definition) is 4. The van der Waals surface area contributed by atoms with E-state index in [1.54, 1.807) is 37.8 Å². The van der Waals surface area contributed by atoms with Crippen LogP contribution in [0.3, 0.4) is 0 Å². The first kappa shape index (κ1) is 22.7. The maximum absolute atomic E-state index is 13.1. The zero-order valence-electron chi connectivity index (χ0n) is 17.7. The van der Waals surface area contributed by atoms with Crippen molar-refractivity contribution in [3.05, 3.63) is 35.4 Å². The first-order valence-corrected chi connectivity index (χ1v) is 10.2. The van der Waals surface area contributed by atoms with Crippen LogP contribution in [0.15, 0.2) is 24.3 Å². The summed E-state index contributed by atoms with van der Waals surface area (Å²) in [6.07, 6.45) is 2.11. The lowest BCUT2D eigenvalue weighted by atomic mass is 9.97. The highest BCUT2D eigenvalue weighted by Gasteiger charge is 2.29. The second-order valence-corrected chi connectivity index (χ2v) is 8.75. The Morgan fingerprint density at radius 1 is 1.24 bits per heavy atom. The van der Waals surface area contributed by atoms with Crippen LogP contribution in [-0.4, -0.2) is 52.7 Å². The number of carboxylic acid groups (broad SMARTS) is 1. The first-order valence-electron chi connectivity index (χ1n) is 10.2. The molecule has 2 amide bonds. The Morgan fingerprint density at radius 3 is 2.48 bits per heavy atom. The van der Waals surface area contributed by atoms with Crippen molar-refractivity contribution in [2.75, 3.05) is 13.1 Å². The summed E-state index contributed by atoms with van der Waals surface area (Å²) in [5.41, 5.74) is 0.352. The van der Waals surface area contributed by atoms with Gasteiger partial charge >= 0.3 is 12.1 Å². The number of benzene rings is 1. The number of amides is 2. The molecule has 0 bridgehead atoms. The van der Waals surface area contributed by atoms with Crippen LogP contribution < -0.4 is 5.32 Å². The Kier molecular flexibility index (Phi) is 7.65. The third-order valence-corrected chi connectivity index (χ3v) is 4.98. The highest BCUT2D eigenvalue weighted by Crippen LogP contribution is 2.18. The number of nitrogens with zero attached hydrogens (tertiary/aromatic N) is 1. The zero-order chi connectivity index (χ0) is 21.6. The third-order valence-electron chi connectivity index (χ3n) is 4.98. The molecule has 0 radical (unpaired) electrons. The molecule has 7 nitrogen and oxygen atoms in total. The van der Waals surface area contributed by atoms with Gasteiger partial charge in [-0.1, -0.05) is 19.1 Å². The molecule has 1 saturated heterocycles. The summed E-state index contributed by atoms with van der Waals surface area (Å²) >= 11 is 0. The highest BCUT2D eigenvalue weighted by molar-refractivity contribution is 5.88. The number of carboxylic acids is 1. The minimum Gasteiger partial charge on any atom is -0.478 e. The fourth-order valence-electron chi connectivity index (χ4n) is 3.33. The number of nitrogens with one attached hydrogen (secondary N) is 1. The van der Waals surface area contributed by atoms with Gasteiger partial charge in [0.15, 0.2) is 0 Å². The minimum absolute atomic E-state index is 0.114. The molecule has 7 heteroatoms. The Balaban J connectivity index is 2.09. The molecule has 1 aliphatic heterocycles. The second-order valence-electron chi connectivity index (χ2n) is 8.75. The fraction of sp³-hybridized carbons (Fsp3) is 0.591. The van der Waals surface area contributed by atoms with Gasteiger partial charge in [-0.25, -0.2) is 9.59 Å². The number of likely N-dealkylation sites (tertiary alicyclic amines) is 1. The highest BCUT2D eigenvalue weighted by atomic mass is 16.6. The van der Waals surface area contributed by atoms with Crippen LogP contribution in [0.2, 0.25) is 0 Å². The fourth-order valence-corrected chi connectivity index (χ4v) is 3.33. The number of carbonyl (C=O) groups is 3. The van der Waals surface area contributed by atoms with E-state index in [0.717, 1.165) is 18.4 Å². The maximum atomic E-state index is 13.1. The molecular formula is C22H32N2O5. The van der Waals surface area contributed by atoms with Gasteiger partial charge in [0.1, 0.15) is 11.6 Å². The smallest absolute Gasteiger partial charge is 0.408 e. The predicted molar refractivity (Wildman–Crippen MR) is 110 cm³/mol. The number of carbonyl (C=O) groups excluding carboxylic acids is 2. The van der Waals surface area contributed by atoms with E-state index in [4.69, 9.17) is 9.84 Å². The van der Waals surface area contributed by atoms with Gasteiger partial charge in [0.2, 0.25) is 5.91 Å². The molecule has 2 N–H and O–H groups in total. The van der Waals surface area contributed by atoms with Crippen molar-refractivity contribution in [3.63, 3.8) is 0 Å². The lowest BCUT2D eigenvalue weighted by Gasteiger charge is -2.33. The molecule has 1 aliphatic rings. The van der Waals surface area contributed by atoms with Gasteiger partial charge in [0.25, 0.3) is 0 Å². The molecule has 1 fully saturated rings. The number of ether oxygens (including phenoxy) is 1. The lowest BCUT2D eigenvalue weighted by Crippen LogP contribution is -2.51. The second kappa shape index (κ2) is 9.76. The van der Waals surface area contributed by atoms with E-state index in [1.807, 2.05) is 6.07 Å². The van der Waals surface area contributed by atoms with Crippen LogP contribution >= 0.6 is 0 Å². The monoisotopic (exact) mass is 404 g/mol. The van der Waals surface area contributed by atoms with E-state index in [0.29, 0.717) is 31.8 Å². The van der Waals surface area contributed by atoms with Crippen molar-refractivity contribution in [3.8, 4) is 0 Å². The summed E-state index contributed by atoms with van der Waals surface area (Å²) in [7, 11) is 0. The third kappa shape index (κ3) is 7.40. The van der Waals surface area contributed by atoms with E-state index in [9.17, 15) is 14.4 Å². The van der Waals surface area contributed by atoms with Gasteiger partial charge in [0, 0.05) is 13.1 Å². The Morgan fingerprint density at radius 2 is 1.90 bits per heavy atom. The average Bonchev–Trinajstić information content (AvgIpc) is 2.64. The molecule has 0 aliphatic carbocycles. The lowest BCUT2D eigenvalue weighted by molar-refractivity contribution is -0.135. The van der Waals surface area contributed by atoms with Crippen LogP contribution in [0, 0.1) is 5.92 Å². The van der Waals surface area contributed by atoms with Crippen LogP contribution in [0.25, 0.3) is 0 Å². The van der Waals surface area contributed by atoms with Gasteiger partial charge < -0.3 is 20.1 Å². The van der Waals surface area contributed by atoms with Gasteiger partial charge in [-0.15, -0.1) is 0 Å². The molecule has 29 heavy (non-hydrogen) atoms. The first-order chi connectivity index (χ1) is 13.5. The van der Waals surface area contributed by atoms with Gasteiger partial charge in [0.05, 0.1) is 5.56 Å². The minimum atomic E-state index is -0.992. The normalized spacial score (nSPS) is 16.2. The molecule has 160 valence electrons. The largest absolute Gasteiger partial charge is 0.478 e. The van der Waals surface area contributed by atoms with Gasteiger partial charge in [-0.2, -0.15) is 0 Å².